The van der Waals surface area contributed by atoms with Crippen molar-refractivity contribution in [3.05, 3.63) is 22.3 Å². The molecule has 0 unspecified atom stereocenters. The Labute approximate surface area is 109 Å². The highest BCUT2D eigenvalue weighted by Gasteiger charge is 2.24. The van der Waals surface area contributed by atoms with Crippen molar-refractivity contribution >= 4 is 27.2 Å². The third-order valence-electron chi connectivity index (χ3n) is 2.49. The van der Waals surface area contributed by atoms with Crippen molar-refractivity contribution < 1.29 is 8.42 Å². The number of sulfonamides is 1. The summed E-state index contributed by atoms with van der Waals surface area (Å²) in [5.74, 6) is 0.00630. The van der Waals surface area contributed by atoms with Gasteiger partial charge in [0.2, 0.25) is 10.0 Å². The lowest BCUT2D eigenvalue weighted by Crippen LogP contribution is -2.24. The van der Waals surface area contributed by atoms with Crippen molar-refractivity contribution in [3.63, 3.8) is 0 Å². The smallest absolute Gasteiger partial charge is 0.246 e. The molecular weight excluding hydrogens is 274 g/mol. The lowest BCUT2D eigenvalue weighted by atomic mass is 10.5. The van der Waals surface area contributed by atoms with Crippen molar-refractivity contribution in [1.82, 2.24) is 19.5 Å². The van der Waals surface area contributed by atoms with Crippen LogP contribution in [0.15, 0.2) is 16.6 Å². The Balaban J connectivity index is 2.26. The van der Waals surface area contributed by atoms with Crippen molar-refractivity contribution in [3.8, 4) is 0 Å². The second kappa shape index (κ2) is 4.67. The van der Waals surface area contributed by atoms with Gasteiger partial charge in [-0.25, -0.2) is 13.1 Å². The van der Waals surface area contributed by atoms with Crippen LogP contribution in [0.4, 0.5) is 5.82 Å². The summed E-state index contributed by atoms with van der Waals surface area (Å²) in [5.41, 5.74) is 7.77. The number of hydrogen-bond acceptors (Lipinski definition) is 6. The van der Waals surface area contributed by atoms with Gasteiger partial charge in [-0.1, -0.05) is 0 Å². The zero-order chi connectivity index (χ0) is 13.3. The van der Waals surface area contributed by atoms with E-state index in [1.165, 1.54) is 16.0 Å². The van der Waals surface area contributed by atoms with Gasteiger partial charge in [-0.15, -0.1) is 11.3 Å². The summed E-state index contributed by atoms with van der Waals surface area (Å²) in [6, 6.07) is 0. The molecule has 98 valence electrons. The molecule has 0 fully saturated rings. The van der Waals surface area contributed by atoms with E-state index in [4.69, 9.17) is 5.73 Å². The van der Waals surface area contributed by atoms with Crippen molar-refractivity contribution in [2.24, 2.45) is 7.05 Å². The first-order chi connectivity index (χ1) is 8.42. The predicted molar refractivity (Wildman–Crippen MR) is 68.5 cm³/mol. The standard InChI is InChI=1S/C9H13N5O2S2/c1-6-8(9(10)13-14(6)2)18(15,16)12-4-7-3-11-5-17-7/h3,5,12H,4H2,1-2H3,(H2,10,13). The van der Waals surface area contributed by atoms with Gasteiger partial charge >= 0.3 is 0 Å². The Bertz CT molecular complexity index is 645. The number of rotatable bonds is 4. The van der Waals surface area contributed by atoms with Gasteiger partial charge in [-0.05, 0) is 6.92 Å². The molecule has 0 amide bonds. The molecule has 3 N–H and O–H groups in total. The minimum Gasteiger partial charge on any atom is -0.381 e. The van der Waals surface area contributed by atoms with Crippen LogP contribution >= 0.6 is 11.3 Å². The second-order valence-corrected chi connectivity index (χ2v) is 6.39. The Kier molecular flexibility index (Phi) is 3.37. The van der Waals surface area contributed by atoms with Crippen molar-refractivity contribution in [1.29, 1.82) is 0 Å². The molecule has 2 rings (SSSR count). The van der Waals surface area contributed by atoms with Crippen LogP contribution in [0.1, 0.15) is 10.6 Å². The summed E-state index contributed by atoms with van der Waals surface area (Å²) < 4.78 is 28.2. The van der Waals surface area contributed by atoms with E-state index in [-0.39, 0.29) is 17.3 Å². The largest absolute Gasteiger partial charge is 0.381 e. The molecule has 2 aromatic rings. The normalized spacial score (nSPS) is 11.9. The highest BCUT2D eigenvalue weighted by molar-refractivity contribution is 7.89. The van der Waals surface area contributed by atoms with Crippen LogP contribution in [0.5, 0.6) is 0 Å². The number of aryl methyl sites for hydroxylation is 1. The fraction of sp³-hybridized carbons (Fsp3) is 0.333. The molecule has 0 aliphatic rings. The monoisotopic (exact) mass is 287 g/mol. The quantitative estimate of drug-likeness (QED) is 0.839. The third-order valence-corrected chi connectivity index (χ3v) is 4.84. The van der Waals surface area contributed by atoms with E-state index in [1.807, 2.05) is 0 Å². The Morgan fingerprint density at radius 2 is 2.28 bits per heavy atom. The first kappa shape index (κ1) is 13.0. The molecular formula is C9H13N5O2S2. The van der Waals surface area contributed by atoms with Gasteiger partial charge in [-0.2, -0.15) is 5.10 Å². The lowest BCUT2D eigenvalue weighted by molar-refractivity contribution is 0.581. The first-order valence-corrected chi connectivity index (χ1v) is 7.44. The van der Waals surface area contributed by atoms with Gasteiger partial charge in [0.25, 0.3) is 0 Å². The number of thiazole rings is 1. The fourth-order valence-corrected chi connectivity index (χ4v) is 3.47. The maximum Gasteiger partial charge on any atom is 0.246 e. The summed E-state index contributed by atoms with van der Waals surface area (Å²) in [7, 11) is -2.01. The fourth-order valence-electron chi connectivity index (χ4n) is 1.51. The molecule has 0 atom stereocenters. The van der Waals surface area contributed by atoms with E-state index in [1.54, 1.807) is 25.7 Å². The van der Waals surface area contributed by atoms with Crippen molar-refractivity contribution in [2.75, 3.05) is 5.73 Å². The number of nitrogens with two attached hydrogens (primary N) is 1. The second-order valence-electron chi connectivity index (χ2n) is 3.72. The zero-order valence-corrected chi connectivity index (χ0v) is 11.5. The molecule has 7 nitrogen and oxygen atoms in total. The molecule has 0 saturated carbocycles. The van der Waals surface area contributed by atoms with Crippen LogP contribution in [0, 0.1) is 6.92 Å². The molecule has 0 aliphatic heterocycles. The van der Waals surface area contributed by atoms with Crippen LogP contribution in [-0.2, 0) is 23.6 Å². The first-order valence-electron chi connectivity index (χ1n) is 5.08. The number of nitrogens with zero attached hydrogens (tertiary/aromatic N) is 3. The van der Waals surface area contributed by atoms with Gasteiger partial charge in [-0.3, -0.25) is 9.67 Å². The maximum absolute atomic E-state index is 12.1. The predicted octanol–water partition coefficient (Wildman–Crippen LogP) is 0.246. The maximum atomic E-state index is 12.1. The number of aromatic nitrogens is 3. The Hall–Kier alpha value is -1.45. The van der Waals surface area contributed by atoms with Gasteiger partial charge in [0.1, 0.15) is 4.90 Å². The minimum atomic E-state index is -3.66. The lowest BCUT2D eigenvalue weighted by Gasteiger charge is -2.05. The van der Waals surface area contributed by atoms with Crippen molar-refractivity contribution in [2.45, 2.75) is 18.4 Å². The number of anilines is 1. The van der Waals surface area contributed by atoms with Crippen LogP contribution in [0.3, 0.4) is 0 Å². The Morgan fingerprint density at radius 3 is 2.78 bits per heavy atom. The molecule has 0 aromatic carbocycles. The van der Waals surface area contributed by atoms with Gasteiger partial charge in [0.15, 0.2) is 5.82 Å². The van der Waals surface area contributed by atoms with Crippen LogP contribution in [0.2, 0.25) is 0 Å². The van der Waals surface area contributed by atoms with E-state index in [0.29, 0.717) is 5.69 Å². The summed E-state index contributed by atoms with van der Waals surface area (Å²) in [5, 5.41) is 3.89. The summed E-state index contributed by atoms with van der Waals surface area (Å²) >= 11 is 1.38. The number of hydrogen-bond donors (Lipinski definition) is 2. The SMILES string of the molecule is Cc1c(S(=O)(=O)NCc2cncs2)c(N)nn1C. The van der Waals surface area contributed by atoms with E-state index in [9.17, 15) is 8.42 Å². The average Bonchev–Trinajstić information content (AvgIpc) is 2.86. The van der Waals surface area contributed by atoms with E-state index in [2.05, 4.69) is 14.8 Å². The molecule has 0 aliphatic carbocycles. The summed E-state index contributed by atoms with van der Waals surface area (Å²) in [6.45, 7) is 1.85. The number of nitrogens with one attached hydrogen (secondary N) is 1. The van der Waals surface area contributed by atoms with Gasteiger partial charge in [0, 0.05) is 24.7 Å². The van der Waals surface area contributed by atoms with Gasteiger partial charge in [0.05, 0.1) is 11.2 Å². The third kappa shape index (κ3) is 2.37. The average molecular weight is 287 g/mol. The molecule has 0 bridgehead atoms. The van der Waals surface area contributed by atoms with Crippen LogP contribution in [-0.4, -0.2) is 23.2 Å². The van der Waals surface area contributed by atoms with Gasteiger partial charge < -0.3 is 5.73 Å². The Morgan fingerprint density at radius 1 is 1.56 bits per heavy atom. The van der Waals surface area contributed by atoms with Crippen LogP contribution < -0.4 is 10.5 Å². The molecule has 2 aromatic heterocycles. The highest BCUT2D eigenvalue weighted by atomic mass is 32.2. The molecule has 0 radical (unpaired) electrons. The molecule has 18 heavy (non-hydrogen) atoms. The number of nitrogen functional groups attached to an aromatic ring is 1. The van der Waals surface area contributed by atoms with E-state index >= 15 is 0 Å². The molecule has 0 spiro atoms. The minimum absolute atomic E-state index is 0.00630. The summed E-state index contributed by atoms with van der Waals surface area (Å²) in [4.78, 5) is 4.75. The molecule has 0 saturated heterocycles. The van der Waals surface area contributed by atoms with E-state index < -0.39 is 10.0 Å². The summed E-state index contributed by atoms with van der Waals surface area (Å²) in [6.07, 6.45) is 1.62. The van der Waals surface area contributed by atoms with E-state index in [0.717, 1.165) is 4.88 Å². The highest BCUT2D eigenvalue weighted by Crippen LogP contribution is 2.21. The molecule has 9 heteroatoms. The molecule has 2 heterocycles. The topological polar surface area (TPSA) is 103 Å². The zero-order valence-electron chi connectivity index (χ0n) is 9.91. The van der Waals surface area contributed by atoms with Crippen LogP contribution in [0.25, 0.3) is 0 Å².